The number of Topliss-reactive ketones (excluding diaryl/α,β-unsaturated/α-hetero) is 1. The van der Waals surface area contributed by atoms with Gasteiger partial charge in [0.25, 0.3) is 0 Å². The second-order valence-corrected chi connectivity index (χ2v) is 19.2. The van der Waals surface area contributed by atoms with E-state index in [0.29, 0.717) is 4.90 Å². The molecule has 20 nitrogen and oxygen atoms in total. The van der Waals surface area contributed by atoms with Crippen molar-refractivity contribution >= 4 is 56.8 Å². The van der Waals surface area contributed by atoms with E-state index in [4.69, 9.17) is 35.3 Å². The molecule has 0 spiro atoms. The molecule has 62 heavy (non-hydrogen) atoms. The van der Waals surface area contributed by atoms with Gasteiger partial charge in [-0.05, 0) is 33.8 Å². The van der Waals surface area contributed by atoms with Crippen LogP contribution >= 0.6 is 11.6 Å². The van der Waals surface area contributed by atoms with E-state index < -0.39 is 158 Å². The standard InChI is InChI=1S/C40H43ClN2O18S/c1-15-30(46)19(42-38(53)58-13-16-14-62(55,56)36-28(41)35(51)43(36)29(16)37(52)61-39(2,3)4)9-23(59-15)60-21-11-40(54,22(45)12-44)10-18-25(21)34(50)27-26(32(18)48)31(47)17-7-6-8-20(57-5)24(17)33(27)49/h6-8,15,19,21,23,28,30,36,44,46,48,50,54H,9-14H2,1-5H3,(H,42,53)/t15-,19-,21-,23-,28-,30+,36+,40-/m0/s1. The zero-order chi connectivity index (χ0) is 45.5. The van der Waals surface area contributed by atoms with Crippen molar-refractivity contribution in [3.63, 3.8) is 0 Å². The molecule has 5 aliphatic rings. The summed E-state index contributed by atoms with van der Waals surface area (Å²) in [5, 5.41) is 55.3. The van der Waals surface area contributed by atoms with Crippen LogP contribution < -0.4 is 10.1 Å². The van der Waals surface area contributed by atoms with Crippen LogP contribution in [0.25, 0.3) is 0 Å². The van der Waals surface area contributed by atoms with Gasteiger partial charge in [0.15, 0.2) is 33.1 Å². The van der Waals surface area contributed by atoms with Crippen LogP contribution in [0.1, 0.15) is 89.6 Å². The summed E-state index contributed by atoms with van der Waals surface area (Å²) in [6.07, 6.45) is -8.61. The number of sulfone groups is 1. The quantitative estimate of drug-likeness (QED) is 0.0740. The highest BCUT2D eigenvalue weighted by molar-refractivity contribution is 7.92. The number of esters is 1. The van der Waals surface area contributed by atoms with Gasteiger partial charge in [0.05, 0.1) is 47.8 Å². The van der Waals surface area contributed by atoms with Crippen molar-refractivity contribution in [3.05, 3.63) is 62.8 Å². The van der Waals surface area contributed by atoms with E-state index in [2.05, 4.69) is 5.32 Å². The largest absolute Gasteiger partial charge is 0.507 e. The number of aromatic hydroxyl groups is 2. The number of β-lactam (4-membered cyclic amide) rings is 1. The topological polar surface area (TPSA) is 299 Å². The van der Waals surface area contributed by atoms with E-state index in [1.807, 2.05) is 0 Å². The van der Waals surface area contributed by atoms with Gasteiger partial charge < -0.3 is 54.5 Å². The number of aliphatic hydroxyl groups is 3. The molecule has 0 saturated carbocycles. The SMILES string of the molecule is COc1cccc2c1C(=O)c1c(O)c3c(c(O)c1C2=O)C[C@@](O)(C(=O)CO)C[C@@H]3O[C@H]1C[C@H](NC(=O)OCC2=C(C(=O)OC(C)(C)C)N3C(=O)[C@H](Cl)[C@H]3S(=O)(=O)C2)[C@H](O)[C@H](C)O1. The van der Waals surface area contributed by atoms with Crippen molar-refractivity contribution < 1.29 is 86.4 Å². The zero-order valence-electron chi connectivity index (χ0n) is 33.8. The number of methoxy groups -OCH3 is 1. The molecular weight excluding hydrogens is 864 g/mol. The molecule has 3 aliphatic heterocycles. The number of phenolic OH excluding ortho intramolecular Hbond substituents is 2. The molecule has 0 unspecified atom stereocenters. The van der Waals surface area contributed by atoms with Crippen LogP contribution in [-0.4, -0.2) is 147 Å². The van der Waals surface area contributed by atoms with Gasteiger partial charge in [-0.25, -0.2) is 18.0 Å². The molecule has 3 heterocycles. The number of rotatable bonds is 9. The Kier molecular flexibility index (Phi) is 11.5. The third kappa shape index (κ3) is 7.47. The Morgan fingerprint density at radius 2 is 1.74 bits per heavy atom. The number of aliphatic hydroxyl groups excluding tert-OH is 2. The predicted molar refractivity (Wildman–Crippen MR) is 209 cm³/mol. The number of alkyl halides is 1. The molecule has 6 N–H and O–H groups in total. The summed E-state index contributed by atoms with van der Waals surface area (Å²) < 4.78 is 54.3. The maximum Gasteiger partial charge on any atom is 0.407 e. The normalized spacial score (nSPS) is 28.8. The van der Waals surface area contributed by atoms with Crippen molar-refractivity contribution in [3.8, 4) is 17.2 Å². The minimum Gasteiger partial charge on any atom is -0.507 e. The third-order valence-electron chi connectivity index (χ3n) is 11.3. The fraction of sp³-hybridized carbons (Fsp3) is 0.500. The zero-order valence-corrected chi connectivity index (χ0v) is 35.4. The number of benzene rings is 2. The molecule has 0 bridgehead atoms. The molecule has 2 aromatic rings. The van der Waals surface area contributed by atoms with E-state index in [1.165, 1.54) is 32.2 Å². The average molecular weight is 907 g/mol. The van der Waals surface area contributed by atoms with Crippen LogP contribution in [0.15, 0.2) is 29.5 Å². The first-order valence-electron chi connectivity index (χ1n) is 19.2. The van der Waals surface area contributed by atoms with Gasteiger partial charge in [0.2, 0.25) is 11.7 Å². The molecule has 2 aromatic carbocycles. The number of ketones is 3. The molecule has 0 radical (unpaired) electrons. The summed E-state index contributed by atoms with van der Waals surface area (Å²) in [4.78, 5) is 80.7. The van der Waals surface area contributed by atoms with Gasteiger partial charge in [-0.3, -0.25) is 24.1 Å². The Morgan fingerprint density at radius 3 is 2.39 bits per heavy atom. The van der Waals surface area contributed by atoms with Gasteiger partial charge in [0.1, 0.15) is 58.8 Å². The summed E-state index contributed by atoms with van der Waals surface area (Å²) >= 11 is 6.01. The smallest absolute Gasteiger partial charge is 0.407 e. The maximum atomic E-state index is 14.0. The second kappa shape index (κ2) is 15.9. The highest BCUT2D eigenvalue weighted by Crippen LogP contribution is 2.52. The van der Waals surface area contributed by atoms with Crippen LogP contribution in [0.5, 0.6) is 17.2 Å². The Labute approximate surface area is 358 Å². The molecule has 334 valence electrons. The lowest BCUT2D eigenvalue weighted by Gasteiger charge is -2.47. The van der Waals surface area contributed by atoms with Crippen LogP contribution in [0.2, 0.25) is 0 Å². The fourth-order valence-electron chi connectivity index (χ4n) is 8.46. The van der Waals surface area contributed by atoms with Gasteiger partial charge in [-0.15, -0.1) is 11.6 Å². The molecule has 2 saturated heterocycles. The second-order valence-electron chi connectivity index (χ2n) is 16.6. The number of alkyl carbamates (subject to hydrolysis) is 1. The molecule has 2 fully saturated rings. The first-order valence-corrected chi connectivity index (χ1v) is 21.4. The van der Waals surface area contributed by atoms with Crippen LogP contribution in [0.4, 0.5) is 4.79 Å². The Balaban J connectivity index is 1.16. The van der Waals surface area contributed by atoms with Crippen molar-refractivity contribution in [1.29, 1.82) is 0 Å². The van der Waals surface area contributed by atoms with E-state index in [1.54, 1.807) is 20.8 Å². The fourth-order valence-corrected chi connectivity index (χ4v) is 11.0. The summed E-state index contributed by atoms with van der Waals surface area (Å²) in [6, 6.07) is 2.94. The number of carbonyl (C=O) groups excluding carboxylic acids is 6. The number of nitrogens with one attached hydrogen (secondary N) is 1. The molecule has 2 amide bonds. The van der Waals surface area contributed by atoms with E-state index in [9.17, 15) is 62.7 Å². The predicted octanol–water partition coefficient (Wildman–Crippen LogP) is 0.569. The Hall–Kier alpha value is -5.16. The van der Waals surface area contributed by atoms with E-state index in [-0.39, 0.29) is 40.0 Å². The summed E-state index contributed by atoms with van der Waals surface area (Å²) in [7, 11) is -2.88. The number of ether oxygens (including phenoxy) is 5. The number of halogens is 1. The van der Waals surface area contributed by atoms with Crippen LogP contribution in [0, 0.1) is 0 Å². The lowest BCUT2D eigenvalue weighted by Crippen LogP contribution is -2.68. The summed E-state index contributed by atoms with van der Waals surface area (Å²) in [6.45, 7) is 4.08. The van der Waals surface area contributed by atoms with E-state index in [0.717, 1.165) is 0 Å². The Morgan fingerprint density at radius 1 is 1.06 bits per heavy atom. The number of hydrogen-bond acceptors (Lipinski definition) is 18. The monoisotopic (exact) mass is 906 g/mol. The molecule has 22 heteroatoms. The number of carbonyl (C=O) groups is 6. The number of amides is 2. The Bertz CT molecular complexity index is 2460. The number of phenols is 2. The van der Waals surface area contributed by atoms with Gasteiger partial charge in [-0.2, -0.15) is 0 Å². The van der Waals surface area contributed by atoms with E-state index >= 15 is 0 Å². The lowest BCUT2D eigenvalue weighted by molar-refractivity contribution is -0.249. The lowest BCUT2D eigenvalue weighted by atomic mass is 9.72. The molecule has 2 aliphatic carbocycles. The molecule has 7 rings (SSSR count). The van der Waals surface area contributed by atoms with Crippen molar-refractivity contribution in [2.45, 2.75) is 99.6 Å². The molecule has 8 atom stereocenters. The first kappa shape index (κ1) is 44.9. The highest BCUT2D eigenvalue weighted by atomic mass is 35.5. The van der Waals surface area contributed by atoms with Crippen LogP contribution in [0.3, 0.4) is 0 Å². The van der Waals surface area contributed by atoms with Gasteiger partial charge >= 0.3 is 12.1 Å². The summed E-state index contributed by atoms with van der Waals surface area (Å²) in [5.41, 5.74) is -6.39. The first-order chi connectivity index (χ1) is 28.9. The highest BCUT2D eigenvalue weighted by Gasteiger charge is 2.60. The minimum atomic E-state index is -4.15. The average Bonchev–Trinajstić information content (AvgIpc) is 3.19. The van der Waals surface area contributed by atoms with Crippen molar-refractivity contribution in [2.24, 2.45) is 0 Å². The van der Waals surface area contributed by atoms with Crippen molar-refractivity contribution in [1.82, 2.24) is 10.2 Å². The summed E-state index contributed by atoms with van der Waals surface area (Å²) in [5.74, 6) is -7.24. The van der Waals surface area contributed by atoms with Gasteiger partial charge in [0, 0.05) is 41.5 Å². The van der Waals surface area contributed by atoms with Crippen LogP contribution in [-0.2, 0) is 49.6 Å². The molecular formula is C40H43ClN2O18S. The number of nitrogens with zero attached hydrogens (tertiary/aromatic N) is 1. The van der Waals surface area contributed by atoms with Gasteiger partial charge in [-0.1, -0.05) is 12.1 Å². The minimum absolute atomic E-state index is 0.00683. The number of hydrogen-bond donors (Lipinski definition) is 6. The molecule has 0 aromatic heterocycles. The number of fused-ring (bicyclic) bond motifs is 4. The third-order valence-corrected chi connectivity index (χ3v) is 13.9. The van der Waals surface area contributed by atoms with Crippen molar-refractivity contribution in [2.75, 3.05) is 26.1 Å². The maximum absolute atomic E-state index is 14.0.